The van der Waals surface area contributed by atoms with E-state index in [0.29, 0.717) is 5.69 Å². The second-order valence-electron chi connectivity index (χ2n) is 4.94. The number of amides is 1. The number of carbonyl (C=O) groups excluding carboxylic acids is 1. The Balaban J connectivity index is 2.14. The lowest BCUT2D eigenvalue weighted by Crippen LogP contribution is -2.13. The lowest BCUT2D eigenvalue weighted by molar-refractivity contribution is 0.0696. The smallest absolute Gasteiger partial charge is 0.335 e. The fraction of sp³-hybridized carbons (Fsp3) is 0.0667. The first-order valence-corrected chi connectivity index (χ1v) is 8.50. The number of carboxylic acid groups (broad SMARTS) is 1. The number of nitrogens with one attached hydrogen (secondary N) is 2. The highest BCUT2D eigenvalue weighted by molar-refractivity contribution is 7.92. The van der Waals surface area contributed by atoms with Gasteiger partial charge < -0.3 is 15.5 Å². The highest BCUT2D eigenvalue weighted by Crippen LogP contribution is 2.25. The third-order valence-electron chi connectivity index (χ3n) is 2.94. The van der Waals surface area contributed by atoms with Crippen LogP contribution in [0, 0.1) is 0 Å². The molecular weight excluding hydrogens is 336 g/mol. The lowest BCUT2D eigenvalue weighted by Gasteiger charge is -2.09. The summed E-state index contributed by atoms with van der Waals surface area (Å²) in [5.74, 6) is -2.12. The van der Waals surface area contributed by atoms with Crippen LogP contribution in [0.1, 0.15) is 20.7 Å². The number of hydrogen-bond acceptors (Lipinski definition) is 5. The molecule has 0 bridgehead atoms. The van der Waals surface area contributed by atoms with Crippen molar-refractivity contribution >= 4 is 33.3 Å². The van der Waals surface area contributed by atoms with Gasteiger partial charge in [-0.1, -0.05) is 0 Å². The van der Waals surface area contributed by atoms with Crippen molar-refractivity contribution < 1.29 is 28.2 Å². The first-order valence-electron chi connectivity index (χ1n) is 6.61. The fourth-order valence-corrected chi connectivity index (χ4v) is 2.43. The molecule has 9 heteroatoms. The average molecular weight is 350 g/mol. The SMILES string of the molecule is CS(=O)(=O)Nc1ccc(C(=O)Nc2ccc(C(=O)O)cc2O)cc1. The van der Waals surface area contributed by atoms with E-state index in [1.165, 1.54) is 36.4 Å². The van der Waals surface area contributed by atoms with Crippen LogP contribution in [0.2, 0.25) is 0 Å². The summed E-state index contributed by atoms with van der Waals surface area (Å²) < 4.78 is 24.5. The van der Waals surface area contributed by atoms with Crippen LogP contribution < -0.4 is 10.0 Å². The summed E-state index contributed by atoms with van der Waals surface area (Å²) in [6, 6.07) is 9.20. The number of carboxylic acids is 1. The summed E-state index contributed by atoms with van der Waals surface area (Å²) >= 11 is 0. The Bertz CT molecular complexity index is 891. The maximum absolute atomic E-state index is 12.1. The van der Waals surface area contributed by atoms with Gasteiger partial charge in [-0.25, -0.2) is 13.2 Å². The largest absolute Gasteiger partial charge is 0.506 e. The van der Waals surface area contributed by atoms with Crippen molar-refractivity contribution in [1.29, 1.82) is 0 Å². The third-order valence-corrected chi connectivity index (χ3v) is 3.55. The lowest BCUT2D eigenvalue weighted by atomic mass is 10.1. The molecule has 8 nitrogen and oxygen atoms in total. The molecule has 0 fully saturated rings. The molecule has 1 amide bonds. The van der Waals surface area contributed by atoms with E-state index < -0.39 is 21.9 Å². The molecule has 0 radical (unpaired) electrons. The van der Waals surface area contributed by atoms with Crippen LogP contribution >= 0.6 is 0 Å². The molecule has 2 rings (SSSR count). The molecule has 0 spiro atoms. The zero-order chi connectivity index (χ0) is 17.9. The summed E-state index contributed by atoms with van der Waals surface area (Å²) in [5, 5.41) is 21.0. The molecule has 0 aromatic heterocycles. The summed E-state index contributed by atoms with van der Waals surface area (Å²) in [5.41, 5.74) is 0.489. The van der Waals surface area contributed by atoms with Gasteiger partial charge in [-0.05, 0) is 42.5 Å². The number of aromatic carboxylic acids is 1. The highest BCUT2D eigenvalue weighted by Gasteiger charge is 2.12. The normalized spacial score (nSPS) is 10.9. The monoisotopic (exact) mass is 350 g/mol. The van der Waals surface area contributed by atoms with Gasteiger partial charge in [0.25, 0.3) is 5.91 Å². The van der Waals surface area contributed by atoms with Crippen LogP contribution in [-0.2, 0) is 10.0 Å². The van der Waals surface area contributed by atoms with E-state index in [4.69, 9.17) is 5.11 Å². The zero-order valence-electron chi connectivity index (χ0n) is 12.5. The Morgan fingerprint density at radius 1 is 1.00 bits per heavy atom. The zero-order valence-corrected chi connectivity index (χ0v) is 13.3. The number of phenolic OH excluding ortho intramolecular Hbond substituents is 1. The minimum absolute atomic E-state index is 0.0586. The molecule has 2 aromatic rings. The Kier molecular flexibility index (Phi) is 4.74. The Labute approximate surface area is 137 Å². The van der Waals surface area contributed by atoms with Gasteiger partial charge in [0.2, 0.25) is 10.0 Å². The molecule has 0 atom stereocenters. The van der Waals surface area contributed by atoms with Gasteiger partial charge in [0.05, 0.1) is 17.5 Å². The maximum atomic E-state index is 12.1. The van der Waals surface area contributed by atoms with E-state index in [2.05, 4.69) is 10.0 Å². The van der Waals surface area contributed by atoms with E-state index in [-0.39, 0.29) is 22.6 Å². The van der Waals surface area contributed by atoms with Gasteiger partial charge in [-0.3, -0.25) is 9.52 Å². The van der Waals surface area contributed by atoms with Gasteiger partial charge in [0.15, 0.2) is 0 Å². The summed E-state index contributed by atoms with van der Waals surface area (Å²) in [4.78, 5) is 22.9. The quantitative estimate of drug-likeness (QED) is 0.607. The van der Waals surface area contributed by atoms with Crippen molar-refractivity contribution in [1.82, 2.24) is 0 Å². The van der Waals surface area contributed by atoms with Crippen LogP contribution in [0.3, 0.4) is 0 Å². The van der Waals surface area contributed by atoms with Crippen LogP contribution in [-0.4, -0.2) is 36.8 Å². The van der Waals surface area contributed by atoms with E-state index in [0.717, 1.165) is 12.3 Å². The van der Waals surface area contributed by atoms with E-state index in [9.17, 15) is 23.1 Å². The molecule has 0 unspecified atom stereocenters. The predicted molar refractivity (Wildman–Crippen MR) is 87.9 cm³/mol. The number of hydrogen-bond donors (Lipinski definition) is 4. The van der Waals surface area contributed by atoms with Crippen molar-refractivity contribution in [3.63, 3.8) is 0 Å². The maximum Gasteiger partial charge on any atom is 0.335 e. The predicted octanol–water partition coefficient (Wildman–Crippen LogP) is 1.71. The molecule has 0 aliphatic rings. The minimum Gasteiger partial charge on any atom is -0.506 e. The number of sulfonamides is 1. The van der Waals surface area contributed by atoms with E-state index >= 15 is 0 Å². The Morgan fingerprint density at radius 2 is 1.58 bits per heavy atom. The van der Waals surface area contributed by atoms with Gasteiger partial charge in [0.1, 0.15) is 5.75 Å². The average Bonchev–Trinajstić information content (AvgIpc) is 2.48. The second-order valence-corrected chi connectivity index (χ2v) is 6.69. The molecule has 0 heterocycles. The minimum atomic E-state index is -3.41. The van der Waals surface area contributed by atoms with Gasteiger partial charge in [0, 0.05) is 11.3 Å². The molecule has 0 aliphatic carbocycles. The molecule has 4 N–H and O–H groups in total. The second kappa shape index (κ2) is 6.59. The molecule has 0 saturated heterocycles. The standard InChI is InChI=1S/C15H14N2O6S/c1-24(22,23)17-11-5-2-9(3-6-11)14(19)16-12-7-4-10(15(20)21)8-13(12)18/h2-8,17-18H,1H3,(H,16,19)(H,20,21). The summed E-state index contributed by atoms with van der Waals surface area (Å²) in [6.07, 6.45) is 1.01. The van der Waals surface area contributed by atoms with Crippen LogP contribution in [0.5, 0.6) is 5.75 Å². The van der Waals surface area contributed by atoms with Crippen LogP contribution in [0.25, 0.3) is 0 Å². The Morgan fingerprint density at radius 3 is 2.08 bits per heavy atom. The van der Waals surface area contributed by atoms with Crippen molar-refractivity contribution in [3.8, 4) is 5.75 Å². The van der Waals surface area contributed by atoms with Gasteiger partial charge in [-0.15, -0.1) is 0 Å². The molecular formula is C15H14N2O6S. The van der Waals surface area contributed by atoms with Gasteiger partial charge >= 0.3 is 5.97 Å². The Hall–Kier alpha value is -3.07. The van der Waals surface area contributed by atoms with Crippen LogP contribution in [0.15, 0.2) is 42.5 Å². The van der Waals surface area contributed by atoms with E-state index in [1.54, 1.807) is 0 Å². The summed E-state index contributed by atoms with van der Waals surface area (Å²) in [7, 11) is -3.41. The van der Waals surface area contributed by atoms with Crippen molar-refractivity contribution in [2.24, 2.45) is 0 Å². The first kappa shape index (κ1) is 17.3. The molecule has 24 heavy (non-hydrogen) atoms. The van der Waals surface area contributed by atoms with Crippen molar-refractivity contribution in [2.75, 3.05) is 16.3 Å². The van der Waals surface area contributed by atoms with Crippen molar-refractivity contribution in [3.05, 3.63) is 53.6 Å². The number of rotatable bonds is 5. The number of carbonyl (C=O) groups is 2. The van der Waals surface area contributed by atoms with Crippen molar-refractivity contribution in [2.45, 2.75) is 0 Å². The highest BCUT2D eigenvalue weighted by atomic mass is 32.2. The van der Waals surface area contributed by atoms with Crippen LogP contribution in [0.4, 0.5) is 11.4 Å². The topological polar surface area (TPSA) is 133 Å². The number of aromatic hydroxyl groups is 1. The number of phenols is 1. The first-order chi connectivity index (χ1) is 11.2. The molecule has 0 aliphatic heterocycles. The summed E-state index contributed by atoms with van der Waals surface area (Å²) in [6.45, 7) is 0. The molecule has 126 valence electrons. The third kappa shape index (κ3) is 4.46. The fourth-order valence-electron chi connectivity index (χ4n) is 1.87. The number of anilines is 2. The number of benzene rings is 2. The molecule has 2 aromatic carbocycles. The molecule has 0 saturated carbocycles. The van der Waals surface area contributed by atoms with E-state index in [1.807, 2.05) is 0 Å². The van der Waals surface area contributed by atoms with Gasteiger partial charge in [-0.2, -0.15) is 0 Å².